The van der Waals surface area contributed by atoms with Gasteiger partial charge in [0, 0.05) is 30.4 Å². The first-order chi connectivity index (χ1) is 13.1. The monoisotopic (exact) mass is 403 g/mol. The van der Waals surface area contributed by atoms with Crippen LogP contribution in [0.2, 0.25) is 0 Å². The van der Waals surface area contributed by atoms with Crippen molar-refractivity contribution in [2.75, 3.05) is 18.6 Å². The molecule has 0 aliphatic carbocycles. The summed E-state index contributed by atoms with van der Waals surface area (Å²) in [5.41, 5.74) is 4.64. The Morgan fingerprint density at radius 3 is 2.43 bits per heavy atom. The molecule has 1 atom stereocenters. The van der Waals surface area contributed by atoms with E-state index in [4.69, 9.17) is 0 Å². The van der Waals surface area contributed by atoms with E-state index in [-0.39, 0.29) is 23.5 Å². The molecule has 0 N–H and O–H groups in total. The molecule has 1 aliphatic heterocycles. The van der Waals surface area contributed by atoms with Gasteiger partial charge in [-0.3, -0.25) is 9.48 Å². The standard InChI is InChI=1S/C21H29N3O3S/c1-14(2)17-6-8-18(9-7-17)21(25)23(5)12-20-15(3)22-24(16(20)4)19-10-11-28(26,27)13-19/h6-9,14,19H,10-13H2,1-5H3/t19-/m1/s1. The predicted octanol–water partition coefficient (Wildman–Crippen LogP) is 3.26. The molecular weight excluding hydrogens is 374 g/mol. The van der Waals surface area contributed by atoms with Gasteiger partial charge in [0.05, 0.1) is 23.2 Å². The Morgan fingerprint density at radius 2 is 1.89 bits per heavy atom. The normalized spacial score (nSPS) is 18.6. The summed E-state index contributed by atoms with van der Waals surface area (Å²) in [4.78, 5) is 14.5. The van der Waals surface area contributed by atoms with Crippen molar-refractivity contribution in [2.24, 2.45) is 0 Å². The molecule has 3 rings (SSSR count). The summed E-state index contributed by atoms with van der Waals surface area (Å²) >= 11 is 0. The van der Waals surface area contributed by atoms with Gasteiger partial charge in [-0.05, 0) is 43.9 Å². The molecule has 1 aromatic carbocycles. The quantitative estimate of drug-likeness (QED) is 0.768. The molecule has 1 saturated heterocycles. The molecule has 2 aromatic rings. The maximum atomic E-state index is 12.8. The number of amides is 1. The third kappa shape index (κ3) is 4.14. The Balaban J connectivity index is 1.77. The van der Waals surface area contributed by atoms with Crippen LogP contribution in [0.1, 0.15) is 65.1 Å². The lowest BCUT2D eigenvalue weighted by Gasteiger charge is -2.18. The van der Waals surface area contributed by atoms with E-state index < -0.39 is 9.84 Å². The van der Waals surface area contributed by atoms with Crippen molar-refractivity contribution in [3.63, 3.8) is 0 Å². The number of rotatable bonds is 5. The van der Waals surface area contributed by atoms with Gasteiger partial charge in [-0.2, -0.15) is 5.10 Å². The number of benzene rings is 1. The highest BCUT2D eigenvalue weighted by Crippen LogP contribution is 2.27. The lowest BCUT2D eigenvalue weighted by Crippen LogP contribution is -2.26. The predicted molar refractivity (Wildman–Crippen MR) is 110 cm³/mol. The number of carbonyl (C=O) groups is 1. The lowest BCUT2D eigenvalue weighted by atomic mass is 10.0. The van der Waals surface area contributed by atoms with Crippen molar-refractivity contribution in [3.8, 4) is 0 Å². The molecule has 1 fully saturated rings. The van der Waals surface area contributed by atoms with E-state index in [1.165, 1.54) is 5.56 Å². The minimum Gasteiger partial charge on any atom is -0.337 e. The van der Waals surface area contributed by atoms with Crippen LogP contribution < -0.4 is 0 Å². The smallest absolute Gasteiger partial charge is 0.253 e. The Labute approximate surface area is 167 Å². The molecule has 0 spiro atoms. The summed E-state index contributed by atoms with van der Waals surface area (Å²) in [6.07, 6.45) is 0.598. The fourth-order valence-electron chi connectivity index (χ4n) is 3.79. The van der Waals surface area contributed by atoms with Crippen LogP contribution in [0.15, 0.2) is 24.3 Å². The highest BCUT2D eigenvalue weighted by atomic mass is 32.2. The average Bonchev–Trinajstić information content (AvgIpc) is 3.14. The van der Waals surface area contributed by atoms with Crippen molar-refractivity contribution >= 4 is 15.7 Å². The van der Waals surface area contributed by atoms with E-state index in [0.717, 1.165) is 17.0 Å². The molecule has 1 amide bonds. The first-order valence-corrected chi connectivity index (χ1v) is 11.5. The van der Waals surface area contributed by atoms with E-state index in [9.17, 15) is 13.2 Å². The molecular formula is C21H29N3O3S. The maximum absolute atomic E-state index is 12.8. The zero-order valence-corrected chi connectivity index (χ0v) is 18.1. The summed E-state index contributed by atoms with van der Waals surface area (Å²) in [5, 5.41) is 4.59. The molecule has 0 saturated carbocycles. The van der Waals surface area contributed by atoms with E-state index >= 15 is 0 Å². The van der Waals surface area contributed by atoms with Gasteiger partial charge in [0.15, 0.2) is 9.84 Å². The van der Waals surface area contributed by atoms with E-state index in [0.29, 0.717) is 24.4 Å². The number of carbonyl (C=O) groups excluding carboxylic acids is 1. The number of nitrogens with zero attached hydrogens (tertiary/aromatic N) is 3. The fourth-order valence-corrected chi connectivity index (χ4v) is 5.48. The molecule has 0 radical (unpaired) electrons. The van der Waals surface area contributed by atoms with Gasteiger partial charge in [-0.25, -0.2) is 8.42 Å². The highest BCUT2D eigenvalue weighted by molar-refractivity contribution is 7.91. The third-order valence-corrected chi connectivity index (χ3v) is 7.35. The molecule has 0 unspecified atom stereocenters. The fraction of sp³-hybridized carbons (Fsp3) is 0.524. The third-order valence-electron chi connectivity index (χ3n) is 5.60. The van der Waals surface area contributed by atoms with Crippen LogP contribution >= 0.6 is 0 Å². The van der Waals surface area contributed by atoms with Crippen LogP contribution in [0.5, 0.6) is 0 Å². The zero-order chi connectivity index (χ0) is 20.6. The van der Waals surface area contributed by atoms with Gasteiger partial charge in [0.25, 0.3) is 5.91 Å². The van der Waals surface area contributed by atoms with E-state index in [2.05, 4.69) is 18.9 Å². The molecule has 0 bridgehead atoms. The summed E-state index contributed by atoms with van der Waals surface area (Å²) in [6.45, 7) is 8.57. The second-order valence-electron chi connectivity index (χ2n) is 8.09. The molecule has 28 heavy (non-hydrogen) atoms. The number of aryl methyl sites for hydroxylation is 1. The Morgan fingerprint density at radius 1 is 1.25 bits per heavy atom. The van der Waals surface area contributed by atoms with Crippen molar-refractivity contribution in [1.29, 1.82) is 0 Å². The van der Waals surface area contributed by atoms with Gasteiger partial charge < -0.3 is 4.90 Å². The number of aromatic nitrogens is 2. The Bertz CT molecular complexity index is 975. The second-order valence-corrected chi connectivity index (χ2v) is 10.3. The van der Waals surface area contributed by atoms with Crippen molar-refractivity contribution in [1.82, 2.24) is 14.7 Å². The van der Waals surface area contributed by atoms with Crippen LogP contribution in [0.4, 0.5) is 0 Å². The van der Waals surface area contributed by atoms with Gasteiger partial charge >= 0.3 is 0 Å². The van der Waals surface area contributed by atoms with E-state index in [1.807, 2.05) is 42.8 Å². The molecule has 6 nitrogen and oxygen atoms in total. The van der Waals surface area contributed by atoms with Crippen LogP contribution in [-0.2, 0) is 16.4 Å². The Kier molecular flexibility index (Phi) is 5.66. The summed E-state index contributed by atoms with van der Waals surface area (Å²) in [5.74, 6) is 0.754. The van der Waals surface area contributed by atoms with Crippen molar-refractivity contribution in [3.05, 3.63) is 52.3 Å². The lowest BCUT2D eigenvalue weighted by molar-refractivity contribution is 0.0784. The molecule has 7 heteroatoms. The molecule has 2 heterocycles. The summed E-state index contributed by atoms with van der Waals surface area (Å²) < 4.78 is 25.5. The van der Waals surface area contributed by atoms with Crippen LogP contribution in [0.25, 0.3) is 0 Å². The number of hydrogen-bond acceptors (Lipinski definition) is 4. The minimum atomic E-state index is -2.97. The second kappa shape index (κ2) is 7.70. The molecule has 152 valence electrons. The topological polar surface area (TPSA) is 72.3 Å². The highest BCUT2D eigenvalue weighted by Gasteiger charge is 2.31. The van der Waals surface area contributed by atoms with E-state index in [1.54, 1.807) is 11.9 Å². The van der Waals surface area contributed by atoms with Gasteiger partial charge in [0.1, 0.15) is 0 Å². The van der Waals surface area contributed by atoms with Crippen molar-refractivity contribution < 1.29 is 13.2 Å². The van der Waals surface area contributed by atoms with Crippen LogP contribution in [0.3, 0.4) is 0 Å². The van der Waals surface area contributed by atoms with Crippen molar-refractivity contribution in [2.45, 2.75) is 52.6 Å². The molecule has 1 aliphatic rings. The number of sulfone groups is 1. The van der Waals surface area contributed by atoms with Gasteiger partial charge in [-0.1, -0.05) is 26.0 Å². The van der Waals surface area contributed by atoms with Gasteiger partial charge in [0.2, 0.25) is 0 Å². The van der Waals surface area contributed by atoms with Crippen LogP contribution in [-0.4, -0.2) is 47.6 Å². The maximum Gasteiger partial charge on any atom is 0.253 e. The average molecular weight is 404 g/mol. The first-order valence-electron chi connectivity index (χ1n) is 9.69. The van der Waals surface area contributed by atoms with Crippen LogP contribution in [0, 0.1) is 13.8 Å². The summed E-state index contributed by atoms with van der Waals surface area (Å²) in [6, 6.07) is 7.64. The molecule has 1 aromatic heterocycles. The first kappa shape index (κ1) is 20.6. The minimum absolute atomic E-state index is 0.0368. The summed E-state index contributed by atoms with van der Waals surface area (Å²) in [7, 11) is -1.18. The SMILES string of the molecule is Cc1nn([C@@H]2CCS(=O)(=O)C2)c(C)c1CN(C)C(=O)c1ccc(C(C)C)cc1. The number of hydrogen-bond donors (Lipinski definition) is 0. The largest absolute Gasteiger partial charge is 0.337 e. The van der Waals surface area contributed by atoms with Gasteiger partial charge in [-0.15, -0.1) is 0 Å². The Hall–Kier alpha value is -2.15. The zero-order valence-electron chi connectivity index (χ0n) is 17.3.